The van der Waals surface area contributed by atoms with E-state index in [1.54, 1.807) is 20.0 Å². The lowest BCUT2D eigenvalue weighted by atomic mass is 10.1. The summed E-state index contributed by atoms with van der Waals surface area (Å²) < 4.78 is 1.48. The summed E-state index contributed by atoms with van der Waals surface area (Å²) in [5.74, 6) is 0.0419. The molecule has 0 bridgehead atoms. The van der Waals surface area contributed by atoms with Crippen LogP contribution in [0.2, 0.25) is 0 Å². The molecule has 0 radical (unpaired) electrons. The van der Waals surface area contributed by atoms with E-state index < -0.39 is 5.60 Å². The van der Waals surface area contributed by atoms with Gasteiger partial charge >= 0.3 is 0 Å². The molecule has 1 aliphatic rings. The highest BCUT2D eigenvalue weighted by Crippen LogP contribution is 2.15. The van der Waals surface area contributed by atoms with Crippen molar-refractivity contribution < 1.29 is 9.90 Å². The van der Waals surface area contributed by atoms with Gasteiger partial charge in [-0.05, 0) is 20.9 Å². The van der Waals surface area contributed by atoms with Crippen LogP contribution in [0.25, 0.3) is 0 Å². The molecule has 0 spiro atoms. The predicted octanol–water partition coefficient (Wildman–Crippen LogP) is -0.720. The largest absolute Gasteiger partial charge is 0.384 e. The zero-order valence-electron chi connectivity index (χ0n) is 11.7. The number of piperazine rings is 1. The molecule has 0 aliphatic carbocycles. The summed E-state index contributed by atoms with van der Waals surface area (Å²) in [7, 11) is 2.05. The molecule has 106 valence electrons. The minimum Gasteiger partial charge on any atom is -0.384 e. The summed E-state index contributed by atoms with van der Waals surface area (Å²) in [6, 6.07) is 0. The van der Waals surface area contributed by atoms with Gasteiger partial charge in [0.05, 0.1) is 6.20 Å². The van der Waals surface area contributed by atoms with E-state index in [2.05, 4.69) is 22.3 Å². The van der Waals surface area contributed by atoms with Crippen molar-refractivity contribution in [3.8, 4) is 0 Å². The highest BCUT2D eigenvalue weighted by molar-refractivity contribution is 5.76. The Morgan fingerprint density at radius 2 is 2.00 bits per heavy atom. The first-order chi connectivity index (χ1) is 8.86. The van der Waals surface area contributed by atoms with Crippen LogP contribution in [0.15, 0.2) is 6.20 Å². The maximum Gasteiger partial charge on any atom is 0.244 e. The van der Waals surface area contributed by atoms with E-state index in [0.717, 1.165) is 26.2 Å². The predicted molar refractivity (Wildman–Crippen MR) is 69.3 cm³/mol. The van der Waals surface area contributed by atoms with Crippen molar-refractivity contribution in [2.45, 2.75) is 26.0 Å². The third-order valence-electron chi connectivity index (χ3n) is 3.32. The van der Waals surface area contributed by atoms with Crippen LogP contribution in [-0.2, 0) is 16.9 Å². The Labute approximate surface area is 112 Å². The molecular weight excluding hydrogens is 246 g/mol. The molecule has 19 heavy (non-hydrogen) atoms. The van der Waals surface area contributed by atoms with Crippen LogP contribution in [0.5, 0.6) is 0 Å². The van der Waals surface area contributed by atoms with Crippen LogP contribution in [0.3, 0.4) is 0 Å². The molecule has 0 saturated carbocycles. The minimum absolute atomic E-state index is 0.0419. The molecule has 1 aromatic rings. The standard InChI is InChI=1S/C12H21N5O2/c1-12(2,19)10-8-17(14-13-10)9-11(18)16-6-4-15(3)5-7-16/h8,19H,4-7,9H2,1-3H3. The highest BCUT2D eigenvalue weighted by atomic mass is 16.3. The zero-order valence-corrected chi connectivity index (χ0v) is 11.7. The van der Waals surface area contributed by atoms with Crippen molar-refractivity contribution in [3.63, 3.8) is 0 Å². The van der Waals surface area contributed by atoms with Gasteiger partial charge in [0.1, 0.15) is 17.8 Å². The number of likely N-dealkylation sites (N-methyl/N-ethyl adjacent to an activating group) is 1. The molecule has 1 amide bonds. The number of nitrogens with zero attached hydrogens (tertiary/aromatic N) is 5. The molecule has 1 fully saturated rings. The second kappa shape index (κ2) is 5.26. The van der Waals surface area contributed by atoms with Crippen LogP contribution in [0, 0.1) is 0 Å². The molecular formula is C12H21N5O2. The lowest BCUT2D eigenvalue weighted by molar-refractivity contribution is -0.133. The molecule has 0 atom stereocenters. The van der Waals surface area contributed by atoms with Gasteiger partial charge in [0, 0.05) is 26.2 Å². The van der Waals surface area contributed by atoms with Crippen LogP contribution >= 0.6 is 0 Å². The van der Waals surface area contributed by atoms with Gasteiger partial charge in [-0.2, -0.15) is 0 Å². The Hall–Kier alpha value is -1.47. The van der Waals surface area contributed by atoms with Crippen molar-refractivity contribution in [3.05, 3.63) is 11.9 Å². The van der Waals surface area contributed by atoms with E-state index in [1.807, 2.05) is 4.90 Å². The molecule has 1 aromatic heterocycles. The summed E-state index contributed by atoms with van der Waals surface area (Å²) in [6.07, 6.45) is 1.62. The summed E-state index contributed by atoms with van der Waals surface area (Å²) in [6.45, 7) is 6.76. The second-order valence-electron chi connectivity index (χ2n) is 5.54. The Morgan fingerprint density at radius 3 is 2.53 bits per heavy atom. The average Bonchev–Trinajstić information content (AvgIpc) is 2.78. The molecule has 7 heteroatoms. The minimum atomic E-state index is -1.03. The zero-order chi connectivity index (χ0) is 14.0. The number of aliphatic hydroxyl groups is 1. The molecule has 1 saturated heterocycles. The smallest absolute Gasteiger partial charge is 0.244 e. The average molecular weight is 267 g/mol. The Bertz CT molecular complexity index is 443. The number of amides is 1. The number of carbonyl (C=O) groups is 1. The second-order valence-corrected chi connectivity index (χ2v) is 5.54. The van der Waals surface area contributed by atoms with Crippen LogP contribution < -0.4 is 0 Å². The van der Waals surface area contributed by atoms with Crippen molar-refractivity contribution in [2.24, 2.45) is 0 Å². The fourth-order valence-corrected chi connectivity index (χ4v) is 1.95. The number of hydrogen-bond acceptors (Lipinski definition) is 5. The first kappa shape index (κ1) is 14.0. The lowest BCUT2D eigenvalue weighted by Gasteiger charge is -2.32. The maximum atomic E-state index is 12.1. The van der Waals surface area contributed by atoms with Gasteiger partial charge in [-0.3, -0.25) is 4.79 Å². The molecule has 0 unspecified atom stereocenters. The first-order valence-corrected chi connectivity index (χ1v) is 6.45. The third kappa shape index (κ3) is 3.51. The molecule has 0 aromatic carbocycles. The topological polar surface area (TPSA) is 74.5 Å². The van der Waals surface area contributed by atoms with E-state index in [-0.39, 0.29) is 12.5 Å². The van der Waals surface area contributed by atoms with Gasteiger partial charge in [-0.1, -0.05) is 5.21 Å². The Balaban J connectivity index is 1.94. The molecule has 7 nitrogen and oxygen atoms in total. The van der Waals surface area contributed by atoms with Crippen molar-refractivity contribution in [1.29, 1.82) is 0 Å². The first-order valence-electron chi connectivity index (χ1n) is 6.45. The van der Waals surface area contributed by atoms with Crippen LogP contribution in [-0.4, -0.2) is 69.0 Å². The molecule has 1 aliphatic heterocycles. The highest BCUT2D eigenvalue weighted by Gasteiger charge is 2.22. The quantitative estimate of drug-likeness (QED) is 0.782. The van der Waals surface area contributed by atoms with E-state index in [1.165, 1.54) is 4.68 Å². The van der Waals surface area contributed by atoms with E-state index in [4.69, 9.17) is 0 Å². The van der Waals surface area contributed by atoms with Gasteiger partial charge in [0.15, 0.2) is 0 Å². The van der Waals surface area contributed by atoms with E-state index in [0.29, 0.717) is 5.69 Å². The normalized spacial score (nSPS) is 17.8. The van der Waals surface area contributed by atoms with Gasteiger partial charge in [-0.15, -0.1) is 5.10 Å². The van der Waals surface area contributed by atoms with Crippen LogP contribution in [0.1, 0.15) is 19.5 Å². The summed E-state index contributed by atoms with van der Waals surface area (Å²) in [5.41, 5.74) is -0.562. The van der Waals surface area contributed by atoms with Crippen LogP contribution in [0.4, 0.5) is 0 Å². The maximum absolute atomic E-state index is 12.1. The summed E-state index contributed by atoms with van der Waals surface area (Å²) in [5, 5.41) is 17.6. The monoisotopic (exact) mass is 267 g/mol. The lowest BCUT2D eigenvalue weighted by Crippen LogP contribution is -2.48. The molecule has 1 N–H and O–H groups in total. The van der Waals surface area contributed by atoms with Gasteiger partial charge in [0.2, 0.25) is 5.91 Å². The van der Waals surface area contributed by atoms with Gasteiger partial charge in [0.25, 0.3) is 0 Å². The fraction of sp³-hybridized carbons (Fsp3) is 0.750. The number of rotatable bonds is 3. The van der Waals surface area contributed by atoms with Crippen molar-refractivity contribution in [1.82, 2.24) is 24.8 Å². The Morgan fingerprint density at radius 1 is 1.37 bits per heavy atom. The van der Waals surface area contributed by atoms with Crippen molar-refractivity contribution in [2.75, 3.05) is 33.2 Å². The summed E-state index contributed by atoms with van der Waals surface area (Å²) in [4.78, 5) is 16.1. The fourth-order valence-electron chi connectivity index (χ4n) is 1.95. The van der Waals surface area contributed by atoms with E-state index >= 15 is 0 Å². The van der Waals surface area contributed by atoms with E-state index in [9.17, 15) is 9.90 Å². The summed E-state index contributed by atoms with van der Waals surface area (Å²) >= 11 is 0. The third-order valence-corrected chi connectivity index (χ3v) is 3.32. The molecule has 2 heterocycles. The van der Waals surface area contributed by atoms with Gasteiger partial charge < -0.3 is 14.9 Å². The molecule has 2 rings (SSSR count). The SMILES string of the molecule is CN1CCN(C(=O)Cn2cc(C(C)(C)O)nn2)CC1. The van der Waals surface area contributed by atoms with Crippen molar-refractivity contribution >= 4 is 5.91 Å². The number of carbonyl (C=O) groups excluding carboxylic acids is 1. The Kier molecular flexibility index (Phi) is 3.86. The van der Waals surface area contributed by atoms with Gasteiger partial charge in [-0.25, -0.2) is 4.68 Å². The number of aromatic nitrogens is 3. The number of hydrogen-bond donors (Lipinski definition) is 1.